The highest BCUT2D eigenvalue weighted by atomic mass is 32.1. The molecule has 0 aliphatic rings. The second-order valence-corrected chi connectivity index (χ2v) is 6.76. The van der Waals surface area contributed by atoms with Crippen molar-refractivity contribution in [3.63, 3.8) is 0 Å². The molecular formula is C18H26N2O2S. The molecule has 0 unspecified atom stereocenters. The van der Waals surface area contributed by atoms with Crippen LogP contribution < -0.4 is 5.73 Å². The maximum atomic E-state index is 12.1. The van der Waals surface area contributed by atoms with Gasteiger partial charge >= 0.3 is 0 Å². The fourth-order valence-corrected chi connectivity index (χ4v) is 3.92. The first-order chi connectivity index (χ1) is 11.1. The summed E-state index contributed by atoms with van der Waals surface area (Å²) in [7, 11) is 0. The molecule has 0 aliphatic carbocycles. The maximum absolute atomic E-state index is 12.1. The van der Waals surface area contributed by atoms with E-state index in [9.17, 15) is 9.90 Å². The minimum Gasteiger partial charge on any atom is -0.396 e. The van der Waals surface area contributed by atoms with Gasteiger partial charge in [0.1, 0.15) is 0 Å². The second-order valence-electron chi connectivity index (χ2n) is 5.81. The first-order valence-electron chi connectivity index (χ1n) is 8.28. The van der Waals surface area contributed by atoms with Crippen molar-refractivity contribution in [3.8, 4) is 10.4 Å². The lowest BCUT2D eigenvalue weighted by molar-refractivity contribution is 0.1000. The van der Waals surface area contributed by atoms with Crippen LogP contribution in [0.3, 0.4) is 0 Å². The molecule has 0 atom stereocenters. The molecule has 2 heterocycles. The Bertz CT molecular complexity index is 645. The molecule has 5 heteroatoms. The number of carbonyl (C=O) groups is 1. The molecular weight excluding hydrogens is 308 g/mol. The number of primary amides is 1. The Morgan fingerprint density at radius 3 is 2.70 bits per heavy atom. The Morgan fingerprint density at radius 1 is 1.35 bits per heavy atom. The van der Waals surface area contributed by atoms with Crippen molar-refractivity contribution in [1.82, 2.24) is 4.57 Å². The van der Waals surface area contributed by atoms with E-state index in [4.69, 9.17) is 5.73 Å². The van der Waals surface area contributed by atoms with Gasteiger partial charge in [0.05, 0.1) is 5.56 Å². The Balaban J connectivity index is 2.56. The van der Waals surface area contributed by atoms with Crippen LogP contribution in [0.1, 0.15) is 54.4 Å². The van der Waals surface area contributed by atoms with Crippen LogP contribution in [0, 0.1) is 6.92 Å². The van der Waals surface area contributed by atoms with Gasteiger partial charge in [0.25, 0.3) is 5.91 Å². The van der Waals surface area contributed by atoms with E-state index in [1.165, 1.54) is 12.1 Å². The molecule has 2 aromatic rings. The maximum Gasteiger partial charge on any atom is 0.251 e. The van der Waals surface area contributed by atoms with Gasteiger partial charge in [-0.15, -0.1) is 11.3 Å². The molecule has 0 bridgehead atoms. The lowest BCUT2D eigenvalue weighted by Crippen LogP contribution is -2.13. The molecule has 3 N–H and O–H groups in total. The number of hydrogen-bond donors (Lipinski definition) is 2. The standard InChI is InChI=1S/C18H26N2O2S/c1-3-4-5-8-14-17(15-9-6-12-23-15)16(18(19)22)13(2)20(14)10-7-11-21/h6,9,12,21H,3-5,7-8,10-11H2,1-2H3,(H2,19,22). The quantitative estimate of drug-likeness (QED) is 0.686. The normalized spacial score (nSPS) is 11.1. The third-order valence-corrected chi connectivity index (χ3v) is 5.09. The number of amides is 1. The van der Waals surface area contributed by atoms with Crippen LogP contribution >= 0.6 is 11.3 Å². The van der Waals surface area contributed by atoms with Crippen molar-refractivity contribution in [2.45, 2.75) is 52.5 Å². The SMILES string of the molecule is CCCCCc1c(-c2cccs2)c(C(N)=O)c(C)n1CCCO. The number of nitrogens with two attached hydrogens (primary N) is 1. The van der Waals surface area contributed by atoms with Crippen LogP contribution in [0.25, 0.3) is 10.4 Å². The molecule has 0 saturated carbocycles. The minimum atomic E-state index is -0.370. The molecule has 0 saturated heterocycles. The number of aliphatic hydroxyl groups excluding tert-OH is 1. The monoisotopic (exact) mass is 334 g/mol. The predicted molar refractivity (Wildman–Crippen MR) is 95.9 cm³/mol. The summed E-state index contributed by atoms with van der Waals surface area (Å²) >= 11 is 1.64. The topological polar surface area (TPSA) is 68.2 Å². The first kappa shape index (κ1) is 17.8. The molecule has 126 valence electrons. The number of carbonyl (C=O) groups excluding carboxylic acids is 1. The molecule has 2 aromatic heterocycles. The molecule has 0 radical (unpaired) electrons. The average molecular weight is 334 g/mol. The van der Waals surface area contributed by atoms with Gasteiger partial charge in [-0.25, -0.2) is 0 Å². The van der Waals surface area contributed by atoms with Crippen molar-refractivity contribution in [2.24, 2.45) is 5.73 Å². The number of aromatic nitrogens is 1. The second kappa shape index (κ2) is 8.31. The Labute approximate surface area is 141 Å². The fourth-order valence-electron chi connectivity index (χ4n) is 3.12. The third kappa shape index (κ3) is 3.85. The lowest BCUT2D eigenvalue weighted by atomic mass is 10.0. The highest BCUT2D eigenvalue weighted by molar-refractivity contribution is 7.13. The number of unbranched alkanes of at least 4 members (excludes halogenated alkanes) is 2. The average Bonchev–Trinajstić information content (AvgIpc) is 3.12. The first-order valence-corrected chi connectivity index (χ1v) is 9.16. The van der Waals surface area contributed by atoms with Gasteiger partial charge in [0.2, 0.25) is 0 Å². The van der Waals surface area contributed by atoms with E-state index in [2.05, 4.69) is 11.5 Å². The van der Waals surface area contributed by atoms with Crippen molar-refractivity contribution in [2.75, 3.05) is 6.61 Å². The summed E-state index contributed by atoms with van der Waals surface area (Å²) in [5.74, 6) is -0.370. The smallest absolute Gasteiger partial charge is 0.251 e. The van der Waals surface area contributed by atoms with Crippen LogP contribution in [0.4, 0.5) is 0 Å². The largest absolute Gasteiger partial charge is 0.396 e. The predicted octanol–water partition coefficient (Wildman–Crippen LogP) is 3.74. The van der Waals surface area contributed by atoms with E-state index in [0.29, 0.717) is 12.0 Å². The Morgan fingerprint density at radius 2 is 2.13 bits per heavy atom. The summed E-state index contributed by atoms with van der Waals surface area (Å²) in [6, 6.07) is 4.05. The summed E-state index contributed by atoms with van der Waals surface area (Å²) < 4.78 is 2.18. The summed E-state index contributed by atoms with van der Waals surface area (Å²) in [5, 5.41) is 11.2. The number of aliphatic hydroxyl groups is 1. The van der Waals surface area contributed by atoms with Gasteiger partial charge in [0, 0.05) is 35.0 Å². The number of thiophene rings is 1. The minimum absolute atomic E-state index is 0.145. The van der Waals surface area contributed by atoms with Gasteiger partial charge in [0.15, 0.2) is 0 Å². The van der Waals surface area contributed by atoms with Gasteiger partial charge in [-0.1, -0.05) is 25.8 Å². The van der Waals surface area contributed by atoms with Crippen LogP contribution in [-0.4, -0.2) is 22.2 Å². The van der Waals surface area contributed by atoms with E-state index >= 15 is 0 Å². The fraction of sp³-hybridized carbons (Fsp3) is 0.500. The molecule has 4 nitrogen and oxygen atoms in total. The zero-order valence-corrected chi connectivity index (χ0v) is 14.8. The van der Waals surface area contributed by atoms with Crippen LogP contribution in [0.15, 0.2) is 17.5 Å². The van der Waals surface area contributed by atoms with E-state index in [1.54, 1.807) is 11.3 Å². The molecule has 0 spiro atoms. The summed E-state index contributed by atoms with van der Waals surface area (Å²) in [6.45, 7) is 5.00. The van der Waals surface area contributed by atoms with Crippen LogP contribution in [0.2, 0.25) is 0 Å². The highest BCUT2D eigenvalue weighted by Gasteiger charge is 2.24. The van der Waals surface area contributed by atoms with Crippen LogP contribution in [0.5, 0.6) is 0 Å². The molecule has 0 aliphatic heterocycles. The molecule has 0 fully saturated rings. The highest BCUT2D eigenvalue weighted by Crippen LogP contribution is 2.36. The molecule has 23 heavy (non-hydrogen) atoms. The lowest BCUT2D eigenvalue weighted by Gasteiger charge is -2.12. The van der Waals surface area contributed by atoms with Crippen molar-refractivity contribution in [1.29, 1.82) is 0 Å². The molecule has 0 aromatic carbocycles. The summed E-state index contributed by atoms with van der Waals surface area (Å²) in [5.41, 5.74) is 9.42. The third-order valence-electron chi connectivity index (χ3n) is 4.20. The van der Waals surface area contributed by atoms with E-state index < -0.39 is 0 Å². The summed E-state index contributed by atoms with van der Waals surface area (Å²) in [6.07, 6.45) is 5.03. The Kier molecular flexibility index (Phi) is 6.42. The van der Waals surface area contributed by atoms with E-state index in [0.717, 1.165) is 41.9 Å². The van der Waals surface area contributed by atoms with Crippen molar-refractivity contribution in [3.05, 3.63) is 34.5 Å². The number of hydrogen-bond acceptors (Lipinski definition) is 3. The molecule has 1 amide bonds. The number of rotatable bonds is 9. The van der Waals surface area contributed by atoms with Crippen LogP contribution in [-0.2, 0) is 13.0 Å². The van der Waals surface area contributed by atoms with Gasteiger partial charge in [-0.2, -0.15) is 0 Å². The van der Waals surface area contributed by atoms with Gasteiger partial charge in [-0.05, 0) is 37.6 Å². The zero-order valence-electron chi connectivity index (χ0n) is 14.0. The van der Waals surface area contributed by atoms with Crippen molar-refractivity contribution >= 4 is 17.2 Å². The number of nitrogens with zero attached hydrogens (tertiary/aromatic N) is 1. The zero-order chi connectivity index (χ0) is 16.8. The van der Waals surface area contributed by atoms with E-state index in [-0.39, 0.29) is 12.5 Å². The van der Waals surface area contributed by atoms with Gasteiger partial charge < -0.3 is 15.4 Å². The van der Waals surface area contributed by atoms with Crippen molar-refractivity contribution < 1.29 is 9.90 Å². The van der Waals surface area contributed by atoms with E-state index in [1.807, 2.05) is 24.4 Å². The molecule has 2 rings (SSSR count). The van der Waals surface area contributed by atoms with Gasteiger partial charge in [-0.3, -0.25) is 4.79 Å². The Hall–Kier alpha value is -1.59. The summed E-state index contributed by atoms with van der Waals surface area (Å²) in [4.78, 5) is 13.2.